The van der Waals surface area contributed by atoms with E-state index in [1.807, 2.05) is 25.1 Å². The summed E-state index contributed by atoms with van der Waals surface area (Å²) in [6.07, 6.45) is 10.2. The molecule has 2 aliphatic carbocycles. The van der Waals surface area contributed by atoms with Crippen LogP contribution in [0.25, 0.3) is 0 Å². The lowest BCUT2D eigenvalue weighted by atomic mass is 9.63. The Morgan fingerprint density at radius 2 is 1.95 bits per heavy atom. The molecule has 6 rings (SSSR count). The van der Waals surface area contributed by atoms with Crippen molar-refractivity contribution in [2.75, 3.05) is 64.6 Å². The molecule has 0 unspecified atom stereocenters. The van der Waals surface area contributed by atoms with Gasteiger partial charge in [-0.3, -0.25) is 9.69 Å². The predicted octanol–water partition coefficient (Wildman–Crippen LogP) is 7.38. The predicted molar refractivity (Wildman–Crippen MR) is 230 cm³/mol. The second-order valence-electron chi connectivity index (χ2n) is 17.4. The number of anilines is 1. The van der Waals surface area contributed by atoms with Crippen molar-refractivity contribution >= 4 is 33.2 Å². The van der Waals surface area contributed by atoms with Gasteiger partial charge in [-0.05, 0) is 138 Å². The Kier molecular flexibility index (Phi) is 14.4. The molecule has 2 aromatic rings. The highest BCUT2D eigenvalue weighted by Gasteiger charge is 2.49. The van der Waals surface area contributed by atoms with E-state index >= 15 is 0 Å². The molecule has 2 N–H and O–H groups in total. The molecule has 0 saturated heterocycles. The van der Waals surface area contributed by atoms with Crippen LogP contribution in [-0.2, 0) is 31.3 Å². The van der Waals surface area contributed by atoms with Gasteiger partial charge in [-0.2, -0.15) is 0 Å². The Bertz CT molecular complexity index is 1840. The molecule has 316 valence electrons. The van der Waals surface area contributed by atoms with Gasteiger partial charge in [0.05, 0.1) is 17.5 Å². The molecule has 10 nitrogen and oxygen atoms in total. The fourth-order valence-corrected chi connectivity index (χ4v) is 12.3. The second-order valence-corrected chi connectivity index (χ2v) is 19.8. The van der Waals surface area contributed by atoms with Crippen LogP contribution in [-0.4, -0.2) is 102 Å². The van der Waals surface area contributed by atoms with Crippen molar-refractivity contribution in [3.05, 3.63) is 70.3 Å². The number of carbonyl (C=O) groups excluding carboxylic acids is 1. The summed E-state index contributed by atoms with van der Waals surface area (Å²) >= 11 is 6.53. The lowest BCUT2D eigenvalue weighted by Gasteiger charge is -2.51. The largest absolute Gasteiger partial charge is 0.490 e. The van der Waals surface area contributed by atoms with E-state index in [1.54, 1.807) is 13.2 Å². The number of carbonyl (C=O) groups is 1. The number of nitrogens with one attached hydrogen (secondary N) is 2. The average molecular weight is 828 g/mol. The van der Waals surface area contributed by atoms with Crippen LogP contribution >= 0.6 is 11.6 Å². The minimum Gasteiger partial charge on any atom is -0.490 e. The number of likely N-dealkylation sites (N-methyl/N-ethyl adjacent to an activating group) is 1. The molecule has 2 aliphatic heterocycles. The third-order valence-electron chi connectivity index (χ3n) is 13.4. The van der Waals surface area contributed by atoms with Crippen LogP contribution in [0.2, 0.25) is 5.02 Å². The van der Waals surface area contributed by atoms with Crippen molar-refractivity contribution in [2.24, 2.45) is 17.8 Å². The van der Waals surface area contributed by atoms with Gasteiger partial charge in [-0.1, -0.05) is 43.7 Å². The highest BCUT2D eigenvalue weighted by molar-refractivity contribution is 7.90. The van der Waals surface area contributed by atoms with Crippen molar-refractivity contribution < 1.29 is 27.4 Å². The molecule has 1 amide bonds. The van der Waals surface area contributed by atoms with Gasteiger partial charge in [0.25, 0.3) is 5.91 Å². The Morgan fingerprint density at radius 3 is 2.65 bits per heavy atom. The Morgan fingerprint density at radius 1 is 1.14 bits per heavy atom. The molecule has 0 radical (unpaired) electrons. The SMILES string of the molecule is CCO[C@]1(CNC[C@@H](C)N(CC)C(C)C)/C=C\C[C@H](C)[C@@H](CCOC)S(=O)(=O)NC(=O)c2ccc3c(c2)N(C[C@@H]2CC[C@H]21)C[C@@]1(CCCc2cc(Cl)ccc21)CO3. The number of amides is 1. The van der Waals surface area contributed by atoms with Gasteiger partial charge in [0.2, 0.25) is 10.0 Å². The Balaban J connectivity index is 1.43. The summed E-state index contributed by atoms with van der Waals surface area (Å²) in [7, 11) is -2.51. The number of allylic oxidation sites excluding steroid dienone is 1. The highest BCUT2D eigenvalue weighted by atomic mass is 35.5. The molecule has 1 fully saturated rings. The average Bonchev–Trinajstić information content (AvgIpc) is 3.29. The van der Waals surface area contributed by atoms with Gasteiger partial charge in [0.1, 0.15) is 11.4 Å². The summed E-state index contributed by atoms with van der Waals surface area (Å²) in [4.78, 5) is 18.8. The summed E-state index contributed by atoms with van der Waals surface area (Å²) < 4.78 is 49.7. The van der Waals surface area contributed by atoms with Crippen molar-refractivity contribution in [3.63, 3.8) is 0 Å². The summed E-state index contributed by atoms with van der Waals surface area (Å²) in [5.41, 5.74) is 2.76. The van der Waals surface area contributed by atoms with E-state index in [0.717, 1.165) is 62.4 Å². The topological polar surface area (TPSA) is 109 Å². The van der Waals surface area contributed by atoms with Crippen LogP contribution in [0.4, 0.5) is 5.69 Å². The van der Waals surface area contributed by atoms with Gasteiger partial charge in [0, 0.05) is 74.6 Å². The fourth-order valence-electron chi connectivity index (χ4n) is 10.4. The minimum absolute atomic E-state index is 0.215. The molecule has 2 aromatic carbocycles. The molecule has 12 heteroatoms. The number of benzene rings is 2. The molecular formula is C45H67ClN4O6S. The number of sulfonamides is 1. The van der Waals surface area contributed by atoms with Gasteiger partial charge < -0.3 is 24.4 Å². The number of rotatable bonds is 12. The Labute approximate surface area is 347 Å². The van der Waals surface area contributed by atoms with E-state index in [4.69, 9.17) is 25.8 Å². The first-order valence-corrected chi connectivity index (χ1v) is 23.3. The smallest absolute Gasteiger partial charge is 0.264 e. The van der Waals surface area contributed by atoms with Gasteiger partial charge in [-0.15, -0.1) is 0 Å². The molecule has 0 aromatic heterocycles. The fraction of sp³-hybridized carbons (Fsp3) is 0.667. The highest BCUT2D eigenvalue weighted by Crippen LogP contribution is 2.49. The summed E-state index contributed by atoms with van der Waals surface area (Å²) in [5.74, 6) is 0.296. The monoisotopic (exact) mass is 826 g/mol. The van der Waals surface area contributed by atoms with Crippen LogP contribution < -0.4 is 19.7 Å². The maximum Gasteiger partial charge on any atom is 0.264 e. The number of nitrogens with zero attached hydrogens (tertiary/aromatic N) is 2. The van der Waals surface area contributed by atoms with E-state index in [1.165, 1.54) is 11.1 Å². The van der Waals surface area contributed by atoms with Gasteiger partial charge in [-0.25, -0.2) is 13.1 Å². The Hall–Kier alpha value is -2.67. The third-order valence-corrected chi connectivity index (χ3v) is 15.6. The molecule has 2 heterocycles. The van der Waals surface area contributed by atoms with Gasteiger partial charge in [0.15, 0.2) is 0 Å². The first-order valence-electron chi connectivity index (χ1n) is 21.4. The summed E-state index contributed by atoms with van der Waals surface area (Å²) in [6.45, 7) is 18.2. The van der Waals surface area contributed by atoms with E-state index in [2.05, 4.69) is 78.7 Å². The molecular weight excluding hydrogens is 760 g/mol. The normalized spacial score (nSPS) is 29.8. The zero-order chi connectivity index (χ0) is 41.0. The molecule has 1 saturated carbocycles. The number of ether oxygens (including phenoxy) is 3. The number of methoxy groups -OCH3 is 1. The van der Waals surface area contributed by atoms with Crippen LogP contribution in [0.1, 0.15) is 102 Å². The number of hydrogen-bond donors (Lipinski definition) is 2. The van der Waals surface area contributed by atoms with E-state index in [9.17, 15) is 13.2 Å². The standard InChI is InChI=1S/C45H67ClN4O6S/c1-8-50(31(3)4)33(6)26-47-28-45(56-9-2)22-10-12-32(5)42(20-23-54-7)57(52,53)48-43(51)35-15-19-41-40(25-35)49(27-36-14-17-39(36)45)29-44(30-55-41)21-11-13-34-24-37(46)16-18-38(34)44/h10,15-16,18-19,22,24-25,31-33,36,39,42,47H,8-9,11-14,17,20-21,23,26-30H2,1-7H3,(H,48,51)/b22-10-/t32-,33+,36-,39+,42+,44-,45-/m0/s1. The summed E-state index contributed by atoms with van der Waals surface area (Å²) in [6, 6.07) is 12.4. The maximum absolute atomic E-state index is 14.1. The molecule has 4 aliphatic rings. The first-order chi connectivity index (χ1) is 27.3. The zero-order valence-corrected chi connectivity index (χ0v) is 36.9. The molecule has 2 bridgehead atoms. The quantitative estimate of drug-likeness (QED) is 0.212. The van der Waals surface area contributed by atoms with Crippen molar-refractivity contribution in [3.8, 4) is 5.75 Å². The third kappa shape index (κ3) is 9.55. The van der Waals surface area contributed by atoms with E-state index < -0.39 is 26.8 Å². The van der Waals surface area contributed by atoms with Crippen molar-refractivity contribution in [1.29, 1.82) is 0 Å². The number of hydrogen-bond acceptors (Lipinski definition) is 9. The van der Waals surface area contributed by atoms with Crippen LogP contribution in [0.15, 0.2) is 48.6 Å². The lowest BCUT2D eigenvalue weighted by Crippen LogP contribution is -2.57. The number of fused-ring (bicyclic) bond motifs is 4. The van der Waals surface area contributed by atoms with Crippen molar-refractivity contribution in [2.45, 2.75) is 115 Å². The lowest BCUT2D eigenvalue weighted by molar-refractivity contribution is -0.0926. The summed E-state index contributed by atoms with van der Waals surface area (Å²) in [5, 5.41) is 3.75. The zero-order valence-electron chi connectivity index (χ0n) is 35.3. The van der Waals surface area contributed by atoms with E-state index in [0.29, 0.717) is 56.5 Å². The minimum atomic E-state index is -4.08. The van der Waals surface area contributed by atoms with Gasteiger partial charge >= 0.3 is 0 Å². The van der Waals surface area contributed by atoms with Crippen LogP contribution in [0.5, 0.6) is 5.75 Å². The van der Waals surface area contributed by atoms with Crippen LogP contribution in [0, 0.1) is 17.8 Å². The first kappa shape index (κ1) is 43.9. The van der Waals surface area contributed by atoms with Crippen molar-refractivity contribution in [1.82, 2.24) is 14.9 Å². The van der Waals surface area contributed by atoms with E-state index in [-0.39, 0.29) is 35.8 Å². The second kappa shape index (κ2) is 18.7. The molecule has 57 heavy (non-hydrogen) atoms. The molecule has 7 atom stereocenters. The molecule has 1 spiro atoms. The van der Waals surface area contributed by atoms with Crippen LogP contribution in [0.3, 0.4) is 0 Å². The number of halogens is 1. The number of aryl methyl sites for hydroxylation is 1. The maximum atomic E-state index is 14.1.